The zero-order valence-electron chi connectivity index (χ0n) is 5.86. The molecule has 0 spiro atoms. The van der Waals surface area contributed by atoms with Crippen molar-refractivity contribution < 1.29 is 29.4 Å². The van der Waals surface area contributed by atoms with Crippen LogP contribution in [0.5, 0.6) is 0 Å². The number of nitrogens with zero attached hydrogens (tertiary/aromatic N) is 1. The van der Waals surface area contributed by atoms with Crippen LogP contribution in [0.2, 0.25) is 0 Å². The van der Waals surface area contributed by atoms with Crippen LogP contribution >= 0.6 is 7.75 Å². The predicted octanol–water partition coefficient (Wildman–Crippen LogP) is -1.64. The summed E-state index contributed by atoms with van der Waals surface area (Å²) >= 11 is 0. The number of aliphatic hydroxyl groups excluding tert-OH is 1. The summed E-state index contributed by atoms with van der Waals surface area (Å²) in [5.74, 6) is -1.27. The van der Waals surface area contributed by atoms with Crippen molar-refractivity contribution in [1.29, 1.82) is 0 Å². The Bertz CT molecular complexity index is 232. The fraction of sp³-hybridized carbons (Fsp3) is 0.250. The van der Waals surface area contributed by atoms with Gasteiger partial charge >= 0.3 is 7.75 Å². The first kappa shape index (κ1) is 11.3. The first-order valence-electron chi connectivity index (χ1n) is 2.68. The molecule has 0 bridgehead atoms. The number of amides is 1. The van der Waals surface area contributed by atoms with E-state index in [0.717, 1.165) is 0 Å². The number of hydrogen-bond acceptors (Lipinski definition) is 4. The van der Waals surface area contributed by atoms with E-state index < -0.39 is 24.7 Å². The van der Waals surface area contributed by atoms with Crippen LogP contribution in [0.25, 0.3) is 0 Å². The van der Waals surface area contributed by atoms with Gasteiger partial charge in [-0.3, -0.25) is 4.79 Å². The molecule has 0 saturated carbocycles. The predicted molar refractivity (Wildman–Crippen MR) is 37.3 cm³/mol. The fourth-order valence-electron chi connectivity index (χ4n) is 0.470. The maximum absolute atomic E-state index is 10.6. The van der Waals surface area contributed by atoms with E-state index in [1.807, 2.05) is 0 Å². The van der Waals surface area contributed by atoms with E-state index in [4.69, 9.17) is 20.0 Å². The molecule has 0 heterocycles. The van der Waals surface area contributed by atoms with Gasteiger partial charge in [-0.25, -0.2) is 4.57 Å². The van der Waals surface area contributed by atoms with Crippen molar-refractivity contribution in [1.82, 2.24) is 4.67 Å². The Balaban J connectivity index is 4.80. The van der Waals surface area contributed by atoms with Crippen LogP contribution in [0.3, 0.4) is 0 Å². The number of aliphatic hydroxyl groups is 2. The quantitative estimate of drug-likeness (QED) is 0.245. The van der Waals surface area contributed by atoms with Crippen LogP contribution in [-0.4, -0.2) is 37.0 Å². The Morgan fingerprint density at radius 1 is 1.50 bits per heavy atom. The largest absolute Gasteiger partial charge is 0.436 e. The number of hydrogen-bond donors (Lipinski definition) is 4. The standard InChI is InChI=1S/C4H8NO6P/c1-2-3(6)5(4(7)8)12(9,10)11/h2,4,7-8H,1H2,(H2,9,10,11). The second-order valence-corrected chi connectivity index (χ2v) is 3.20. The van der Waals surface area contributed by atoms with E-state index in [-0.39, 0.29) is 0 Å². The van der Waals surface area contributed by atoms with Crippen molar-refractivity contribution in [2.24, 2.45) is 0 Å². The lowest BCUT2D eigenvalue weighted by Gasteiger charge is -2.22. The minimum atomic E-state index is -4.99. The molecule has 0 atom stereocenters. The molecule has 0 aliphatic rings. The van der Waals surface area contributed by atoms with Gasteiger partial charge < -0.3 is 20.0 Å². The van der Waals surface area contributed by atoms with Crippen molar-refractivity contribution in [3.63, 3.8) is 0 Å². The molecule has 0 aliphatic carbocycles. The van der Waals surface area contributed by atoms with E-state index in [2.05, 4.69) is 6.58 Å². The molecule has 1 amide bonds. The smallest absolute Gasteiger partial charge is 0.351 e. The minimum absolute atomic E-state index is 0.403. The molecule has 0 unspecified atom stereocenters. The third-order valence-corrected chi connectivity index (χ3v) is 1.86. The molecule has 0 fully saturated rings. The highest BCUT2D eigenvalue weighted by molar-refractivity contribution is 7.50. The Morgan fingerprint density at radius 2 is 1.92 bits per heavy atom. The number of rotatable bonds is 3. The van der Waals surface area contributed by atoms with Gasteiger partial charge in [0.2, 0.25) is 6.41 Å². The summed E-state index contributed by atoms with van der Waals surface area (Å²) in [5, 5.41) is 16.7. The van der Waals surface area contributed by atoms with E-state index >= 15 is 0 Å². The van der Waals surface area contributed by atoms with E-state index in [0.29, 0.717) is 6.08 Å². The SMILES string of the molecule is C=CC(=O)N(C(O)O)P(=O)(O)O. The average Bonchev–Trinajstić information content (AvgIpc) is 1.83. The van der Waals surface area contributed by atoms with E-state index in [1.165, 1.54) is 0 Å². The van der Waals surface area contributed by atoms with Gasteiger partial charge in [-0.1, -0.05) is 6.58 Å². The van der Waals surface area contributed by atoms with Gasteiger partial charge in [0, 0.05) is 0 Å². The first-order valence-corrected chi connectivity index (χ1v) is 4.25. The molecule has 70 valence electrons. The third-order valence-electron chi connectivity index (χ3n) is 0.900. The maximum atomic E-state index is 10.6. The topological polar surface area (TPSA) is 118 Å². The van der Waals surface area contributed by atoms with Gasteiger partial charge in [-0.15, -0.1) is 0 Å². The molecule has 0 aromatic heterocycles. The number of carbonyl (C=O) groups excluding carboxylic acids is 1. The molecule has 7 nitrogen and oxygen atoms in total. The number of carbonyl (C=O) groups is 1. The summed E-state index contributed by atoms with van der Waals surface area (Å²) in [6.07, 6.45) is -1.99. The monoisotopic (exact) mass is 197 g/mol. The van der Waals surface area contributed by atoms with Crippen molar-refractivity contribution in [2.75, 3.05) is 0 Å². The fourth-order valence-corrected chi connectivity index (χ4v) is 1.08. The summed E-state index contributed by atoms with van der Waals surface area (Å²) < 4.78 is 10.0. The molecule has 8 heteroatoms. The lowest BCUT2D eigenvalue weighted by Crippen LogP contribution is -2.36. The molecule has 0 saturated heterocycles. The third kappa shape index (κ3) is 2.72. The van der Waals surface area contributed by atoms with Crippen molar-refractivity contribution in [2.45, 2.75) is 6.41 Å². The Morgan fingerprint density at radius 3 is 2.00 bits per heavy atom. The lowest BCUT2D eigenvalue weighted by molar-refractivity contribution is -0.155. The van der Waals surface area contributed by atoms with E-state index in [1.54, 1.807) is 0 Å². The molecule has 0 aromatic rings. The van der Waals surface area contributed by atoms with Crippen LogP contribution in [0.15, 0.2) is 12.7 Å². The van der Waals surface area contributed by atoms with Crippen LogP contribution in [-0.2, 0) is 9.36 Å². The van der Waals surface area contributed by atoms with Gasteiger partial charge in [-0.05, 0) is 6.08 Å². The van der Waals surface area contributed by atoms with Gasteiger partial charge in [-0.2, -0.15) is 4.67 Å². The van der Waals surface area contributed by atoms with Gasteiger partial charge in [0.1, 0.15) is 0 Å². The minimum Gasteiger partial charge on any atom is -0.351 e. The first-order chi connectivity index (χ1) is 5.30. The van der Waals surface area contributed by atoms with Crippen molar-refractivity contribution in [3.05, 3.63) is 12.7 Å². The van der Waals surface area contributed by atoms with Crippen LogP contribution in [0.4, 0.5) is 0 Å². The molecule has 0 aromatic carbocycles. The van der Waals surface area contributed by atoms with Crippen LogP contribution in [0.1, 0.15) is 0 Å². The Kier molecular flexibility index (Phi) is 3.56. The van der Waals surface area contributed by atoms with Gasteiger partial charge in [0.05, 0.1) is 0 Å². The zero-order chi connectivity index (χ0) is 9.94. The molecule has 0 rings (SSSR count). The van der Waals surface area contributed by atoms with Crippen molar-refractivity contribution >= 4 is 13.7 Å². The summed E-state index contributed by atoms with van der Waals surface area (Å²) in [6, 6.07) is 0. The Hall–Kier alpha value is -0.720. The Labute approximate surface area is 67.8 Å². The highest BCUT2D eigenvalue weighted by Gasteiger charge is 2.33. The second-order valence-electron chi connectivity index (χ2n) is 1.75. The highest BCUT2D eigenvalue weighted by atomic mass is 31.2. The van der Waals surface area contributed by atoms with E-state index in [9.17, 15) is 9.36 Å². The molecule has 12 heavy (non-hydrogen) atoms. The molecule has 0 radical (unpaired) electrons. The molecular formula is C4H8NO6P. The summed E-state index contributed by atoms with van der Waals surface area (Å²) in [7, 11) is -4.99. The van der Waals surface area contributed by atoms with Gasteiger partial charge in [0.25, 0.3) is 5.91 Å². The lowest BCUT2D eigenvalue weighted by atomic mass is 10.6. The van der Waals surface area contributed by atoms with Crippen LogP contribution in [0, 0.1) is 0 Å². The van der Waals surface area contributed by atoms with Gasteiger partial charge in [0.15, 0.2) is 0 Å². The van der Waals surface area contributed by atoms with Crippen LogP contribution < -0.4 is 0 Å². The average molecular weight is 197 g/mol. The second kappa shape index (κ2) is 3.79. The summed E-state index contributed by atoms with van der Waals surface area (Å²) in [5.41, 5.74) is 0. The molecule has 0 aliphatic heterocycles. The molecule has 4 N–H and O–H groups in total. The summed E-state index contributed by atoms with van der Waals surface area (Å²) in [6.45, 7) is 2.92. The normalized spacial score (nSPS) is 11.4. The maximum Gasteiger partial charge on any atom is 0.436 e. The summed E-state index contributed by atoms with van der Waals surface area (Å²) in [4.78, 5) is 27.4. The zero-order valence-corrected chi connectivity index (χ0v) is 6.76. The highest BCUT2D eigenvalue weighted by Crippen LogP contribution is 2.40. The van der Waals surface area contributed by atoms with Crippen molar-refractivity contribution in [3.8, 4) is 0 Å². The molecular weight excluding hydrogens is 189 g/mol.